The summed E-state index contributed by atoms with van der Waals surface area (Å²) in [6.07, 6.45) is 1.26. The standard InChI is InChI=1S/C13H8Cl3NO3/c14-8-3-10(15)12(11(16)4-8)20-6-9-2-1-7(5-17-9)13(18)19/h1-5H,6H2,(H,18,19). The lowest BCUT2D eigenvalue weighted by molar-refractivity contribution is 0.0696. The van der Waals surface area contributed by atoms with Gasteiger partial charge in [-0.3, -0.25) is 4.98 Å². The first kappa shape index (κ1) is 14.9. The van der Waals surface area contributed by atoms with E-state index in [0.29, 0.717) is 26.5 Å². The molecule has 0 radical (unpaired) electrons. The van der Waals surface area contributed by atoms with Crippen molar-refractivity contribution < 1.29 is 14.6 Å². The van der Waals surface area contributed by atoms with Gasteiger partial charge in [0, 0.05) is 11.2 Å². The number of pyridine rings is 1. The maximum absolute atomic E-state index is 10.7. The summed E-state index contributed by atoms with van der Waals surface area (Å²) in [6, 6.07) is 6.04. The third-order valence-corrected chi connectivity index (χ3v) is 3.18. The monoisotopic (exact) mass is 331 g/mol. The summed E-state index contributed by atoms with van der Waals surface area (Å²) in [5.41, 5.74) is 0.661. The smallest absolute Gasteiger partial charge is 0.337 e. The van der Waals surface area contributed by atoms with Crippen LogP contribution in [0.4, 0.5) is 0 Å². The van der Waals surface area contributed by atoms with Crippen LogP contribution in [0.1, 0.15) is 16.1 Å². The molecule has 1 aromatic heterocycles. The van der Waals surface area contributed by atoms with E-state index in [1.54, 1.807) is 6.07 Å². The van der Waals surface area contributed by atoms with Gasteiger partial charge in [0.2, 0.25) is 0 Å². The lowest BCUT2D eigenvalue weighted by Gasteiger charge is -2.10. The Morgan fingerprint density at radius 3 is 2.35 bits per heavy atom. The number of nitrogens with zero attached hydrogens (tertiary/aromatic N) is 1. The van der Waals surface area contributed by atoms with Crippen molar-refractivity contribution in [3.05, 3.63) is 56.8 Å². The van der Waals surface area contributed by atoms with Crippen molar-refractivity contribution in [2.24, 2.45) is 0 Å². The Hall–Kier alpha value is -1.49. The maximum atomic E-state index is 10.7. The van der Waals surface area contributed by atoms with Gasteiger partial charge in [-0.1, -0.05) is 34.8 Å². The molecular weight excluding hydrogens is 325 g/mol. The van der Waals surface area contributed by atoms with E-state index in [4.69, 9.17) is 44.6 Å². The van der Waals surface area contributed by atoms with Crippen molar-refractivity contribution >= 4 is 40.8 Å². The van der Waals surface area contributed by atoms with Crippen molar-refractivity contribution in [1.29, 1.82) is 0 Å². The van der Waals surface area contributed by atoms with Crippen molar-refractivity contribution in [3.8, 4) is 5.75 Å². The molecule has 1 N–H and O–H groups in total. The van der Waals surface area contributed by atoms with Crippen molar-refractivity contribution in [1.82, 2.24) is 4.98 Å². The number of rotatable bonds is 4. The molecule has 0 saturated heterocycles. The third kappa shape index (κ3) is 3.54. The largest absolute Gasteiger partial charge is 0.484 e. The Balaban J connectivity index is 2.11. The van der Waals surface area contributed by atoms with Crippen LogP contribution in [0.2, 0.25) is 15.1 Å². The summed E-state index contributed by atoms with van der Waals surface area (Å²) in [5, 5.41) is 9.77. The number of carboxylic acids is 1. The molecule has 0 amide bonds. The van der Waals surface area contributed by atoms with E-state index < -0.39 is 5.97 Å². The molecule has 1 aromatic carbocycles. The number of ether oxygens (including phenoxy) is 1. The third-order valence-electron chi connectivity index (χ3n) is 2.40. The number of aromatic carboxylic acids is 1. The van der Waals surface area contributed by atoms with E-state index in [1.165, 1.54) is 24.4 Å². The molecule has 2 rings (SSSR count). The fourth-order valence-corrected chi connectivity index (χ4v) is 2.38. The molecule has 4 nitrogen and oxygen atoms in total. The first-order chi connectivity index (χ1) is 9.47. The molecule has 7 heteroatoms. The van der Waals surface area contributed by atoms with E-state index in [9.17, 15) is 4.79 Å². The zero-order chi connectivity index (χ0) is 14.7. The number of hydrogen-bond acceptors (Lipinski definition) is 3. The van der Waals surface area contributed by atoms with Gasteiger partial charge in [0.1, 0.15) is 6.61 Å². The molecule has 104 valence electrons. The first-order valence-electron chi connectivity index (χ1n) is 5.43. The second-order valence-corrected chi connectivity index (χ2v) is 5.08. The van der Waals surface area contributed by atoms with E-state index in [1.807, 2.05) is 0 Å². The van der Waals surface area contributed by atoms with Crippen LogP contribution in [0.15, 0.2) is 30.5 Å². The molecule has 0 aliphatic rings. The lowest BCUT2D eigenvalue weighted by Crippen LogP contribution is -2.02. The zero-order valence-corrected chi connectivity index (χ0v) is 12.2. The van der Waals surface area contributed by atoms with Crippen LogP contribution in [0, 0.1) is 0 Å². The van der Waals surface area contributed by atoms with Gasteiger partial charge < -0.3 is 9.84 Å². The minimum absolute atomic E-state index is 0.108. The van der Waals surface area contributed by atoms with E-state index in [-0.39, 0.29) is 12.2 Å². The summed E-state index contributed by atoms with van der Waals surface area (Å²) >= 11 is 17.7. The maximum Gasteiger partial charge on any atom is 0.337 e. The Morgan fingerprint density at radius 1 is 1.20 bits per heavy atom. The summed E-state index contributed by atoms with van der Waals surface area (Å²) in [4.78, 5) is 14.7. The topological polar surface area (TPSA) is 59.4 Å². The van der Waals surface area contributed by atoms with Gasteiger partial charge in [0.15, 0.2) is 5.75 Å². The summed E-state index contributed by atoms with van der Waals surface area (Å²) in [5.74, 6) is -0.726. The molecule has 0 aliphatic heterocycles. The van der Waals surface area contributed by atoms with Crippen LogP contribution < -0.4 is 4.74 Å². The highest BCUT2D eigenvalue weighted by molar-refractivity contribution is 6.40. The van der Waals surface area contributed by atoms with Crippen molar-refractivity contribution in [2.75, 3.05) is 0 Å². The van der Waals surface area contributed by atoms with Crippen LogP contribution in [0.3, 0.4) is 0 Å². The molecule has 2 aromatic rings. The van der Waals surface area contributed by atoms with Crippen LogP contribution in [-0.4, -0.2) is 16.1 Å². The van der Waals surface area contributed by atoms with Gasteiger partial charge in [-0.25, -0.2) is 4.79 Å². The quantitative estimate of drug-likeness (QED) is 0.906. The highest BCUT2D eigenvalue weighted by atomic mass is 35.5. The minimum Gasteiger partial charge on any atom is -0.484 e. The Labute approximate surface area is 129 Å². The predicted octanol–water partition coefficient (Wildman–Crippen LogP) is 4.32. The average molecular weight is 333 g/mol. The molecule has 20 heavy (non-hydrogen) atoms. The Morgan fingerprint density at radius 2 is 1.85 bits per heavy atom. The van der Waals surface area contributed by atoms with Gasteiger partial charge in [-0.2, -0.15) is 0 Å². The fraction of sp³-hybridized carbons (Fsp3) is 0.0769. The molecule has 0 saturated carbocycles. The lowest BCUT2D eigenvalue weighted by atomic mass is 10.2. The molecule has 0 fully saturated rings. The van der Waals surface area contributed by atoms with Crippen molar-refractivity contribution in [3.63, 3.8) is 0 Å². The molecule has 0 spiro atoms. The summed E-state index contributed by atoms with van der Waals surface area (Å²) in [6.45, 7) is 0.112. The van der Waals surface area contributed by atoms with E-state index >= 15 is 0 Å². The zero-order valence-electron chi connectivity index (χ0n) is 9.94. The fourth-order valence-electron chi connectivity index (χ4n) is 1.45. The summed E-state index contributed by atoms with van der Waals surface area (Å²) < 4.78 is 5.48. The molecular formula is C13H8Cl3NO3. The first-order valence-corrected chi connectivity index (χ1v) is 6.56. The van der Waals surface area contributed by atoms with E-state index in [0.717, 1.165) is 0 Å². The molecule has 0 aliphatic carbocycles. The second-order valence-electron chi connectivity index (χ2n) is 3.83. The predicted molar refractivity (Wildman–Crippen MR) is 77.0 cm³/mol. The normalized spacial score (nSPS) is 10.3. The number of halogens is 3. The minimum atomic E-state index is -1.03. The molecule has 0 unspecified atom stereocenters. The van der Waals surface area contributed by atoms with Gasteiger partial charge in [0.05, 0.1) is 21.3 Å². The summed E-state index contributed by atoms with van der Waals surface area (Å²) in [7, 11) is 0. The van der Waals surface area contributed by atoms with Gasteiger partial charge in [0.25, 0.3) is 0 Å². The number of carboxylic acid groups (broad SMARTS) is 1. The SMILES string of the molecule is O=C(O)c1ccc(COc2c(Cl)cc(Cl)cc2Cl)nc1. The number of benzene rings is 1. The Kier molecular flexibility index (Phi) is 4.70. The number of aromatic nitrogens is 1. The molecule has 0 atom stereocenters. The van der Waals surface area contributed by atoms with Crippen LogP contribution in [0.25, 0.3) is 0 Å². The van der Waals surface area contributed by atoms with Crippen LogP contribution in [0.5, 0.6) is 5.75 Å². The van der Waals surface area contributed by atoms with E-state index in [2.05, 4.69) is 4.98 Å². The average Bonchev–Trinajstić information content (AvgIpc) is 2.38. The van der Waals surface area contributed by atoms with Gasteiger partial charge >= 0.3 is 5.97 Å². The van der Waals surface area contributed by atoms with Crippen LogP contribution >= 0.6 is 34.8 Å². The Bertz CT molecular complexity index is 621. The second kappa shape index (κ2) is 6.31. The highest BCUT2D eigenvalue weighted by Crippen LogP contribution is 2.36. The van der Waals surface area contributed by atoms with Crippen LogP contribution in [-0.2, 0) is 6.61 Å². The highest BCUT2D eigenvalue weighted by Gasteiger charge is 2.10. The van der Waals surface area contributed by atoms with Gasteiger partial charge in [-0.05, 0) is 24.3 Å². The molecule has 1 heterocycles. The van der Waals surface area contributed by atoms with Gasteiger partial charge in [-0.15, -0.1) is 0 Å². The number of hydrogen-bond donors (Lipinski definition) is 1. The van der Waals surface area contributed by atoms with Crippen molar-refractivity contribution in [2.45, 2.75) is 6.61 Å². The number of carbonyl (C=O) groups is 1. The molecule has 0 bridgehead atoms.